The summed E-state index contributed by atoms with van der Waals surface area (Å²) in [6, 6.07) is 9.71. The van der Waals surface area contributed by atoms with Crippen molar-refractivity contribution in [3.05, 3.63) is 47.3 Å². The Kier molecular flexibility index (Phi) is 5.46. The number of phenolic OH excluding ortho intramolecular Hbond substituents is 1. The molecule has 1 unspecified atom stereocenters. The summed E-state index contributed by atoms with van der Waals surface area (Å²) in [5.41, 5.74) is 1.84. The number of amides is 1. The summed E-state index contributed by atoms with van der Waals surface area (Å²) in [5.74, 6) is -0.608. The zero-order chi connectivity index (χ0) is 22.2. The van der Waals surface area contributed by atoms with Gasteiger partial charge in [-0.15, -0.1) is 0 Å². The number of carbonyl (C=O) groups is 1. The number of phenols is 1. The number of fused-ring (bicyclic) bond motifs is 1. The lowest BCUT2D eigenvalue weighted by Crippen LogP contribution is -2.55. The second-order valence-electron chi connectivity index (χ2n) is 8.21. The summed E-state index contributed by atoms with van der Waals surface area (Å²) in [7, 11) is 0. The van der Waals surface area contributed by atoms with Crippen molar-refractivity contribution in [2.75, 3.05) is 35.6 Å². The Bertz CT molecular complexity index is 1070. The Morgan fingerprint density at radius 1 is 1.39 bits per heavy atom. The first-order chi connectivity index (χ1) is 14.9. The predicted molar refractivity (Wildman–Crippen MR) is 118 cm³/mol. The maximum Gasteiger partial charge on any atom is 0.249 e. The number of hydrogen-bond acceptors (Lipinski definition) is 6. The van der Waals surface area contributed by atoms with Crippen LogP contribution in [-0.4, -0.2) is 41.6 Å². The molecule has 2 heterocycles. The van der Waals surface area contributed by atoms with E-state index in [0.717, 1.165) is 12.8 Å². The zero-order valence-electron chi connectivity index (χ0n) is 17.6. The Hall–Kier alpha value is -3.31. The standard InChI is InChI=1S/C23H26FN5O2/c1-3-26-19-10-15(24)9-18-21(19)28-22(31)23(18,2)29-8-4-5-17(13-29)27-16-7-6-14(12-25)20(30)11-16/h6-7,9-11,17,26-27,30H,3-5,8,13H2,1-2H3,(H,28,31)/t17?,23-/m1/s1. The van der Waals surface area contributed by atoms with Gasteiger partial charge >= 0.3 is 0 Å². The molecule has 4 N–H and O–H groups in total. The number of nitriles is 1. The minimum absolute atomic E-state index is 0.0385. The number of piperidine rings is 1. The van der Waals surface area contributed by atoms with Crippen LogP contribution in [0.3, 0.4) is 0 Å². The van der Waals surface area contributed by atoms with E-state index in [-0.39, 0.29) is 29.1 Å². The Balaban J connectivity index is 1.59. The lowest BCUT2D eigenvalue weighted by atomic mass is 9.88. The fraction of sp³-hybridized carbons (Fsp3) is 0.391. The van der Waals surface area contributed by atoms with E-state index in [0.29, 0.717) is 42.3 Å². The van der Waals surface area contributed by atoms with Gasteiger partial charge in [0.2, 0.25) is 5.91 Å². The molecule has 1 fully saturated rings. The first-order valence-electron chi connectivity index (χ1n) is 10.5. The normalized spacial score (nSPS) is 23.0. The zero-order valence-corrected chi connectivity index (χ0v) is 17.6. The van der Waals surface area contributed by atoms with Crippen LogP contribution in [0.5, 0.6) is 5.75 Å². The number of hydrogen-bond donors (Lipinski definition) is 4. The summed E-state index contributed by atoms with van der Waals surface area (Å²) in [6.45, 7) is 5.69. The summed E-state index contributed by atoms with van der Waals surface area (Å²) in [5, 5.41) is 28.4. The van der Waals surface area contributed by atoms with Crippen LogP contribution in [0.2, 0.25) is 0 Å². The molecule has 162 valence electrons. The molecule has 31 heavy (non-hydrogen) atoms. The third-order valence-electron chi connectivity index (χ3n) is 6.22. The van der Waals surface area contributed by atoms with Crippen LogP contribution >= 0.6 is 0 Å². The highest BCUT2D eigenvalue weighted by Crippen LogP contribution is 2.45. The average Bonchev–Trinajstić information content (AvgIpc) is 3.00. The molecule has 0 aliphatic carbocycles. The fourth-order valence-electron chi connectivity index (χ4n) is 4.58. The molecule has 2 aromatic rings. The van der Waals surface area contributed by atoms with Crippen molar-refractivity contribution in [2.24, 2.45) is 0 Å². The van der Waals surface area contributed by atoms with E-state index in [4.69, 9.17) is 5.26 Å². The largest absolute Gasteiger partial charge is 0.506 e. The van der Waals surface area contributed by atoms with Crippen LogP contribution in [0.25, 0.3) is 0 Å². The van der Waals surface area contributed by atoms with E-state index in [1.807, 2.05) is 19.9 Å². The van der Waals surface area contributed by atoms with Gasteiger partial charge < -0.3 is 21.1 Å². The van der Waals surface area contributed by atoms with Crippen LogP contribution in [0.15, 0.2) is 30.3 Å². The molecule has 1 saturated heterocycles. The lowest BCUT2D eigenvalue weighted by molar-refractivity contribution is -0.127. The molecule has 0 saturated carbocycles. The highest BCUT2D eigenvalue weighted by molar-refractivity contribution is 6.08. The number of aromatic hydroxyl groups is 1. The number of anilines is 3. The van der Waals surface area contributed by atoms with Gasteiger partial charge in [-0.25, -0.2) is 4.39 Å². The smallest absolute Gasteiger partial charge is 0.249 e. The maximum atomic E-state index is 14.4. The molecular weight excluding hydrogens is 397 g/mol. The van der Waals surface area contributed by atoms with Crippen molar-refractivity contribution in [1.82, 2.24) is 4.90 Å². The number of nitrogens with one attached hydrogen (secondary N) is 3. The molecule has 2 aliphatic heterocycles. The second kappa shape index (κ2) is 8.08. The highest BCUT2D eigenvalue weighted by Gasteiger charge is 2.49. The number of likely N-dealkylation sites (tertiary alicyclic amines) is 1. The maximum absolute atomic E-state index is 14.4. The molecule has 7 nitrogen and oxygen atoms in total. The van der Waals surface area contributed by atoms with E-state index < -0.39 is 5.54 Å². The molecule has 4 rings (SSSR count). The number of rotatable bonds is 5. The van der Waals surface area contributed by atoms with E-state index >= 15 is 0 Å². The molecule has 2 aromatic carbocycles. The van der Waals surface area contributed by atoms with E-state index in [1.165, 1.54) is 18.2 Å². The molecule has 0 bridgehead atoms. The van der Waals surface area contributed by atoms with Gasteiger partial charge in [-0.05, 0) is 57.5 Å². The van der Waals surface area contributed by atoms with Gasteiger partial charge in [0.05, 0.1) is 16.9 Å². The van der Waals surface area contributed by atoms with Gasteiger partial charge in [0.1, 0.15) is 23.2 Å². The molecular formula is C23H26FN5O2. The summed E-state index contributed by atoms with van der Waals surface area (Å²) >= 11 is 0. The molecule has 0 radical (unpaired) electrons. The van der Waals surface area contributed by atoms with Gasteiger partial charge in [0.15, 0.2) is 0 Å². The first kappa shape index (κ1) is 20.9. The van der Waals surface area contributed by atoms with E-state index in [1.54, 1.807) is 12.1 Å². The summed E-state index contributed by atoms with van der Waals surface area (Å²) in [4.78, 5) is 15.2. The van der Waals surface area contributed by atoms with E-state index in [2.05, 4.69) is 20.9 Å². The molecule has 1 amide bonds. The quantitative estimate of drug-likeness (QED) is 0.587. The van der Waals surface area contributed by atoms with Crippen LogP contribution in [0, 0.1) is 17.1 Å². The van der Waals surface area contributed by atoms with Gasteiger partial charge in [-0.1, -0.05) is 0 Å². The minimum atomic E-state index is -0.977. The van der Waals surface area contributed by atoms with Gasteiger partial charge in [-0.3, -0.25) is 9.69 Å². The Morgan fingerprint density at radius 3 is 2.90 bits per heavy atom. The molecule has 8 heteroatoms. The van der Waals surface area contributed by atoms with Crippen molar-refractivity contribution in [3.8, 4) is 11.8 Å². The topological polar surface area (TPSA) is 100 Å². The van der Waals surface area contributed by atoms with Gasteiger partial charge in [0.25, 0.3) is 0 Å². The molecule has 2 atom stereocenters. The van der Waals surface area contributed by atoms with Crippen LogP contribution in [0.1, 0.15) is 37.8 Å². The van der Waals surface area contributed by atoms with Gasteiger partial charge in [-0.2, -0.15) is 5.26 Å². The van der Waals surface area contributed by atoms with Crippen molar-refractivity contribution in [1.29, 1.82) is 5.26 Å². The number of carbonyl (C=O) groups excluding carboxylic acids is 1. The lowest BCUT2D eigenvalue weighted by Gasteiger charge is -2.42. The molecule has 0 aromatic heterocycles. The fourth-order valence-corrected chi connectivity index (χ4v) is 4.58. The van der Waals surface area contributed by atoms with Crippen molar-refractivity contribution in [3.63, 3.8) is 0 Å². The second-order valence-corrected chi connectivity index (χ2v) is 8.21. The third-order valence-corrected chi connectivity index (χ3v) is 6.22. The van der Waals surface area contributed by atoms with Crippen molar-refractivity contribution < 1.29 is 14.3 Å². The third kappa shape index (κ3) is 3.66. The van der Waals surface area contributed by atoms with E-state index in [9.17, 15) is 14.3 Å². The molecule has 2 aliphatic rings. The monoisotopic (exact) mass is 423 g/mol. The Labute approximate surface area is 180 Å². The first-order valence-corrected chi connectivity index (χ1v) is 10.5. The highest BCUT2D eigenvalue weighted by atomic mass is 19.1. The van der Waals surface area contributed by atoms with Gasteiger partial charge in [0, 0.05) is 36.4 Å². The van der Waals surface area contributed by atoms with Crippen LogP contribution in [-0.2, 0) is 10.3 Å². The van der Waals surface area contributed by atoms with Crippen LogP contribution in [0.4, 0.5) is 21.5 Å². The van der Waals surface area contributed by atoms with Crippen molar-refractivity contribution in [2.45, 2.75) is 38.3 Å². The summed E-state index contributed by atoms with van der Waals surface area (Å²) < 4.78 is 14.4. The summed E-state index contributed by atoms with van der Waals surface area (Å²) in [6.07, 6.45) is 1.77. The minimum Gasteiger partial charge on any atom is -0.506 e. The number of halogens is 1. The SMILES string of the molecule is CCNc1cc(F)cc2c1NC(=O)[C@]2(C)N1CCCC(Nc2ccc(C#N)c(O)c2)C1. The molecule has 0 spiro atoms. The predicted octanol–water partition coefficient (Wildman–Crippen LogP) is 3.58. The van der Waals surface area contributed by atoms with Crippen molar-refractivity contribution >= 4 is 23.0 Å². The number of benzene rings is 2. The Morgan fingerprint density at radius 2 is 2.19 bits per heavy atom. The average molecular weight is 423 g/mol. The number of nitrogens with zero attached hydrogens (tertiary/aromatic N) is 2. The van der Waals surface area contributed by atoms with Crippen LogP contribution < -0.4 is 16.0 Å².